The summed E-state index contributed by atoms with van der Waals surface area (Å²) < 4.78 is 0. The number of allylic oxidation sites excluding steroid dienone is 1. The highest BCUT2D eigenvalue weighted by Gasteiger charge is 2.48. The zero-order chi connectivity index (χ0) is 20.1. The number of aliphatic hydroxyl groups is 2. The van der Waals surface area contributed by atoms with Gasteiger partial charge in [-0.15, -0.1) is 0 Å². The molecule has 1 fully saturated rings. The average Bonchev–Trinajstić information content (AvgIpc) is 3.05. The molecule has 4 nitrogen and oxygen atoms in total. The summed E-state index contributed by atoms with van der Waals surface area (Å²) in [6.07, 6.45) is 3.19. The maximum absolute atomic E-state index is 11.8. The van der Waals surface area contributed by atoms with E-state index in [2.05, 4.69) is 24.0 Å². The van der Waals surface area contributed by atoms with Gasteiger partial charge >= 0.3 is 0 Å². The Bertz CT molecular complexity index is 847. The summed E-state index contributed by atoms with van der Waals surface area (Å²) in [5.74, 6) is 0.0926. The molecule has 0 aliphatic heterocycles. The van der Waals surface area contributed by atoms with Crippen LogP contribution in [0.15, 0.2) is 72.8 Å². The molecule has 0 bridgehead atoms. The molecule has 0 spiro atoms. The fourth-order valence-electron chi connectivity index (χ4n) is 4.25. The number of hydrogen-bond donors (Lipinski definition) is 4. The molecule has 0 amide bonds. The first-order valence-corrected chi connectivity index (χ1v) is 9.79. The van der Waals surface area contributed by atoms with Gasteiger partial charge in [0.25, 0.3) is 0 Å². The van der Waals surface area contributed by atoms with Gasteiger partial charge in [0.15, 0.2) is 0 Å². The minimum atomic E-state index is -1.14. The van der Waals surface area contributed by atoms with Crippen molar-refractivity contribution in [1.82, 2.24) is 5.32 Å². The van der Waals surface area contributed by atoms with Crippen molar-refractivity contribution in [1.29, 1.82) is 0 Å². The van der Waals surface area contributed by atoms with E-state index in [0.29, 0.717) is 24.2 Å². The highest BCUT2D eigenvalue weighted by atomic mass is 16.3. The van der Waals surface area contributed by atoms with Gasteiger partial charge in [0, 0.05) is 23.8 Å². The summed E-state index contributed by atoms with van der Waals surface area (Å²) >= 11 is 0. The van der Waals surface area contributed by atoms with E-state index in [1.165, 1.54) is 0 Å². The van der Waals surface area contributed by atoms with Crippen LogP contribution < -0.4 is 11.1 Å². The Morgan fingerprint density at radius 3 is 2.54 bits per heavy atom. The highest BCUT2D eigenvalue weighted by molar-refractivity contribution is 5.79. The summed E-state index contributed by atoms with van der Waals surface area (Å²) in [6.45, 7) is 6.83. The Labute approximate surface area is 167 Å². The molecule has 28 heavy (non-hydrogen) atoms. The summed E-state index contributed by atoms with van der Waals surface area (Å²) in [7, 11) is 0. The number of para-hydroxylation sites is 1. The maximum Gasteiger partial charge on any atom is 0.106 e. The normalized spacial score (nSPS) is 25.0. The van der Waals surface area contributed by atoms with Crippen molar-refractivity contribution in [3.63, 3.8) is 0 Å². The van der Waals surface area contributed by atoms with E-state index in [1.54, 1.807) is 0 Å². The molecule has 2 aromatic rings. The van der Waals surface area contributed by atoms with Gasteiger partial charge in [-0.1, -0.05) is 61.2 Å². The molecule has 0 unspecified atom stereocenters. The number of benzene rings is 2. The number of aliphatic hydroxyl groups excluding tert-OH is 1. The number of hydrogen-bond acceptors (Lipinski definition) is 4. The second kappa shape index (κ2) is 8.74. The predicted octanol–water partition coefficient (Wildman–Crippen LogP) is 3.52. The lowest BCUT2D eigenvalue weighted by atomic mass is 9.83. The number of nitrogens with one attached hydrogen (secondary N) is 1. The minimum absolute atomic E-state index is 0.00258. The molecular weight excluding hydrogens is 348 g/mol. The van der Waals surface area contributed by atoms with Crippen LogP contribution in [0.3, 0.4) is 0 Å². The average molecular weight is 379 g/mol. The van der Waals surface area contributed by atoms with Crippen LogP contribution in [-0.2, 0) is 6.54 Å². The molecule has 1 aliphatic carbocycles. The van der Waals surface area contributed by atoms with Crippen LogP contribution in [0.2, 0.25) is 0 Å². The van der Waals surface area contributed by atoms with Gasteiger partial charge in [0.05, 0.1) is 6.61 Å². The topological polar surface area (TPSA) is 78.5 Å². The molecule has 0 radical (unpaired) electrons. The fourth-order valence-corrected chi connectivity index (χ4v) is 4.25. The molecule has 1 aliphatic rings. The van der Waals surface area contributed by atoms with Crippen LogP contribution in [-0.4, -0.2) is 28.5 Å². The summed E-state index contributed by atoms with van der Waals surface area (Å²) in [5.41, 5.74) is 9.16. The minimum Gasteiger partial charge on any atom is -0.398 e. The number of nitrogens with two attached hydrogens (primary N) is 1. The lowest BCUT2D eigenvalue weighted by Gasteiger charge is -2.33. The van der Waals surface area contributed by atoms with Gasteiger partial charge in [-0.05, 0) is 48.5 Å². The first-order valence-electron chi connectivity index (χ1n) is 9.79. The van der Waals surface area contributed by atoms with E-state index in [1.807, 2.05) is 55.5 Å². The van der Waals surface area contributed by atoms with Gasteiger partial charge < -0.3 is 21.3 Å². The van der Waals surface area contributed by atoms with E-state index in [9.17, 15) is 10.2 Å². The third-order valence-electron chi connectivity index (χ3n) is 5.94. The Kier molecular flexibility index (Phi) is 6.35. The molecule has 1 saturated carbocycles. The highest BCUT2D eigenvalue weighted by Crippen LogP contribution is 2.46. The Balaban J connectivity index is 1.89. The lowest BCUT2D eigenvalue weighted by Crippen LogP contribution is -2.47. The van der Waals surface area contributed by atoms with Crippen molar-refractivity contribution < 1.29 is 10.2 Å². The molecule has 0 saturated heterocycles. The van der Waals surface area contributed by atoms with Gasteiger partial charge in [-0.25, -0.2) is 0 Å². The van der Waals surface area contributed by atoms with E-state index >= 15 is 0 Å². The predicted molar refractivity (Wildman–Crippen MR) is 115 cm³/mol. The quantitative estimate of drug-likeness (QED) is 0.439. The number of anilines is 1. The molecule has 0 heterocycles. The van der Waals surface area contributed by atoms with Crippen molar-refractivity contribution in [3.05, 3.63) is 84.0 Å². The smallest absolute Gasteiger partial charge is 0.106 e. The van der Waals surface area contributed by atoms with Crippen molar-refractivity contribution in [2.24, 2.45) is 5.92 Å². The van der Waals surface area contributed by atoms with Crippen LogP contribution in [0.4, 0.5) is 5.69 Å². The van der Waals surface area contributed by atoms with E-state index in [4.69, 9.17) is 5.73 Å². The largest absolute Gasteiger partial charge is 0.398 e. The summed E-state index contributed by atoms with van der Waals surface area (Å²) in [5, 5.41) is 25.0. The van der Waals surface area contributed by atoms with Crippen LogP contribution in [0.25, 0.3) is 5.57 Å². The SMILES string of the molecule is C=C(c1ccccc1N)[C@@]1(O)C[C@H](/C(=C\C)CO)C[C@@H]1NCc1ccccc1. The maximum atomic E-state index is 11.8. The Morgan fingerprint density at radius 2 is 1.89 bits per heavy atom. The monoisotopic (exact) mass is 378 g/mol. The molecule has 5 N–H and O–H groups in total. The third-order valence-corrected chi connectivity index (χ3v) is 5.94. The van der Waals surface area contributed by atoms with Gasteiger partial charge in [0.1, 0.15) is 5.60 Å². The van der Waals surface area contributed by atoms with Crippen LogP contribution in [0, 0.1) is 5.92 Å². The molecule has 4 heteroatoms. The van der Waals surface area contributed by atoms with Gasteiger partial charge in [0.2, 0.25) is 0 Å². The van der Waals surface area contributed by atoms with E-state index in [0.717, 1.165) is 23.1 Å². The van der Waals surface area contributed by atoms with Gasteiger partial charge in [-0.2, -0.15) is 0 Å². The van der Waals surface area contributed by atoms with E-state index in [-0.39, 0.29) is 18.6 Å². The number of nitrogen functional groups attached to an aromatic ring is 1. The van der Waals surface area contributed by atoms with Crippen molar-refractivity contribution in [2.75, 3.05) is 12.3 Å². The molecule has 0 aromatic heterocycles. The first kappa shape index (κ1) is 20.3. The van der Waals surface area contributed by atoms with Crippen molar-refractivity contribution in [2.45, 2.75) is 38.0 Å². The van der Waals surface area contributed by atoms with Crippen LogP contribution in [0.1, 0.15) is 30.9 Å². The lowest BCUT2D eigenvalue weighted by molar-refractivity contribution is 0.0768. The van der Waals surface area contributed by atoms with E-state index < -0.39 is 5.60 Å². The second-order valence-electron chi connectivity index (χ2n) is 7.57. The second-order valence-corrected chi connectivity index (χ2v) is 7.57. The van der Waals surface area contributed by atoms with Crippen molar-refractivity contribution >= 4 is 11.3 Å². The third kappa shape index (κ3) is 4.04. The van der Waals surface area contributed by atoms with Crippen molar-refractivity contribution in [3.8, 4) is 0 Å². The molecule has 3 rings (SSSR count). The summed E-state index contributed by atoms with van der Waals surface area (Å²) in [6, 6.07) is 17.5. The molecule has 3 atom stereocenters. The van der Waals surface area contributed by atoms with Crippen LogP contribution >= 0.6 is 0 Å². The standard InChI is InChI=1S/C24H30N2O2/c1-3-19(16-27)20-13-23(26-15-18-9-5-4-6-10-18)24(28,14-20)17(2)21-11-7-8-12-22(21)25/h3-12,20,23,26-28H,2,13-16,25H2,1H3/b19-3-/t20-,23+,24+/m1/s1. The van der Waals surface area contributed by atoms with Crippen LogP contribution in [0.5, 0.6) is 0 Å². The first-order chi connectivity index (χ1) is 13.5. The Morgan fingerprint density at radius 1 is 1.21 bits per heavy atom. The van der Waals surface area contributed by atoms with Gasteiger partial charge in [-0.3, -0.25) is 0 Å². The summed E-state index contributed by atoms with van der Waals surface area (Å²) in [4.78, 5) is 0. The Hall–Kier alpha value is -2.40. The molecular formula is C24H30N2O2. The zero-order valence-corrected chi connectivity index (χ0v) is 16.4. The molecule has 2 aromatic carbocycles. The number of rotatable bonds is 7. The molecule has 148 valence electrons. The fraction of sp³-hybridized carbons (Fsp3) is 0.333. The zero-order valence-electron chi connectivity index (χ0n) is 16.4.